The van der Waals surface area contributed by atoms with Gasteiger partial charge in [0.25, 0.3) is 0 Å². The number of ether oxygens (including phenoxy) is 3. The van der Waals surface area contributed by atoms with Gasteiger partial charge in [0.1, 0.15) is 18.0 Å². The van der Waals surface area contributed by atoms with Crippen LogP contribution in [0, 0.1) is 5.92 Å². The van der Waals surface area contributed by atoms with Crippen molar-refractivity contribution in [3.8, 4) is 17.2 Å². The highest BCUT2D eigenvalue weighted by Gasteiger charge is 2.21. The summed E-state index contributed by atoms with van der Waals surface area (Å²) in [6.07, 6.45) is 5.64. The Morgan fingerprint density at radius 1 is 0.839 bits per heavy atom. The van der Waals surface area contributed by atoms with Gasteiger partial charge in [0, 0.05) is 5.56 Å². The summed E-state index contributed by atoms with van der Waals surface area (Å²) in [5, 5.41) is 9.38. The normalized spacial score (nSPS) is 12.0. The molecule has 1 N–H and O–H groups in total. The Bertz CT molecular complexity index is 927. The summed E-state index contributed by atoms with van der Waals surface area (Å²) in [7, 11) is 4.50. The maximum absolute atomic E-state index is 12.4. The molecule has 0 aromatic heterocycles. The van der Waals surface area contributed by atoms with Crippen molar-refractivity contribution in [2.75, 3.05) is 21.3 Å². The van der Waals surface area contributed by atoms with Crippen molar-refractivity contribution in [2.45, 2.75) is 6.61 Å². The molecule has 0 bridgehead atoms. The van der Waals surface area contributed by atoms with E-state index in [1.807, 2.05) is 0 Å². The van der Waals surface area contributed by atoms with Crippen LogP contribution in [0.15, 0.2) is 48.6 Å². The molecule has 2 aromatic rings. The van der Waals surface area contributed by atoms with E-state index in [2.05, 4.69) is 0 Å². The number of hydrogen-bond donors (Lipinski definition) is 1. The van der Waals surface area contributed by atoms with Gasteiger partial charge in [0.15, 0.2) is 23.1 Å². The van der Waals surface area contributed by atoms with Crippen LogP contribution in [-0.2, 0) is 21.0 Å². The Morgan fingerprint density at radius 3 is 1.84 bits per heavy atom. The third-order valence-corrected chi connectivity index (χ3v) is 4.51. The summed E-state index contributed by atoms with van der Waals surface area (Å²) in [5.74, 6) is -1.16. The van der Waals surface area contributed by atoms with Crippen LogP contribution < -0.4 is 14.2 Å². The minimum Gasteiger partial charge on any atom is -0.496 e. The average molecular weight is 424 g/mol. The zero-order valence-corrected chi connectivity index (χ0v) is 17.5. The SMILES string of the molecule is COc1ccc(/C=C/C(=O)C(C=O)C(=O)/C=C/c2ccc(OC)c(OC)c2)cc1CO. The molecule has 0 saturated heterocycles. The fraction of sp³-hybridized carbons (Fsp3) is 0.208. The molecule has 1 unspecified atom stereocenters. The van der Waals surface area contributed by atoms with Gasteiger partial charge >= 0.3 is 0 Å². The summed E-state index contributed by atoms with van der Waals surface area (Å²) in [5.41, 5.74) is 1.82. The van der Waals surface area contributed by atoms with E-state index in [4.69, 9.17) is 14.2 Å². The van der Waals surface area contributed by atoms with E-state index >= 15 is 0 Å². The highest BCUT2D eigenvalue weighted by Crippen LogP contribution is 2.28. The number of carbonyl (C=O) groups is 3. The number of methoxy groups -OCH3 is 3. The first-order valence-electron chi connectivity index (χ1n) is 9.36. The van der Waals surface area contributed by atoms with E-state index in [0.717, 1.165) is 0 Å². The maximum atomic E-state index is 12.4. The molecule has 0 aliphatic rings. The standard InChI is InChI=1S/C24H24O7/c1-29-22-10-6-16(12-18(22)14-25)4-8-20(27)19(15-26)21(28)9-5-17-7-11-23(30-2)24(13-17)31-3/h4-13,15,19,25H,14H2,1-3H3/b8-4+,9-5+. The first-order valence-corrected chi connectivity index (χ1v) is 9.36. The Kier molecular flexibility index (Phi) is 8.72. The molecule has 0 spiro atoms. The van der Waals surface area contributed by atoms with Crippen LogP contribution in [0.1, 0.15) is 16.7 Å². The number of allylic oxidation sites excluding steroid dienone is 2. The molecule has 1 atom stereocenters. The zero-order valence-electron chi connectivity index (χ0n) is 17.5. The van der Waals surface area contributed by atoms with E-state index in [0.29, 0.717) is 40.2 Å². The zero-order chi connectivity index (χ0) is 22.8. The van der Waals surface area contributed by atoms with Gasteiger partial charge < -0.3 is 24.1 Å². The molecule has 31 heavy (non-hydrogen) atoms. The molecule has 2 rings (SSSR count). The number of rotatable bonds is 11. The summed E-state index contributed by atoms with van der Waals surface area (Å²) >= 11 is 0. The van der Waals surface area contributed by atoms with Crippen LogP contribution in [0.4, 0.5) is 0 Å². The third-order valence-electron chi connectivity index (χ3n) is 4.51. The van der Waals surface area contributed by atoms with E-state index in [9.17, 15) is 19.5 Å². The van der Waals surface area contributed by atoms with Gasteiger partial charge in [-0.3, -0.25) is 9.59 Å². The van der Waals surface area contributed by atoms with Gasteiger partial charge in [-0.25, -0.2) is 0 Å². The van der Waals surface area contributed by atoms with Gasteiger partial charge in [0.2, 0.25) is 0 Å². The number of hydrogen-bond acceptors (Lipinski definition) is 7. The Hall–Kier alpha value is -3.71. The molecule has 2 aromatic carbocycles. The average Bonchev–Trinajstić information content (AvgIpc) is 2.81. The minimum absolute atomic E-state index is 0.227. The predicted molar refractivity (Wildman–Crippen MR) is 116 cm³/mol. The molecule has 0 fully saturated rings. The quantitative estimate of drug-likeness (QED) is 0.336. The highest BCUT2D eigenvalue weighted by molar-refractivity contribution is 6.21. The molecule has 7 nitrogen and oxygen atoms in total. The molecule has 7 heteroatoms. The number of ketones is 2. The van der Waals surface area contributed by atoms with E-state index in [1.165, 1.54) is 45.6 Å². The molecule has 0 heterocycles. The number of benzene rings is 2. The van der Waals surface area contributed by atoms with Crippen molar-refractivity contribution >= 4 is 30.0 Å². The second kappa shape index (κ2) is 11.5. The number of aliphatic hydroxyl groups is 1. The van der Waals surface area contributed by atoms with Gasteiger partial charge in [0.05, 0.1) is 27.9 Å². The first-order chi connectivity index (χ1) is 15.0. The van der Waals surface area contributed by atoms with Gasteiger partial charge in [-0.05, 0) is 47.5 Å². The Labute approximate surface area is 180 Å². The van der Waals surface area contributed by atoms with Crippen LogP contribution >= 0.6 is 0 Å². The summed E-state index contributed by atoms with van der Waals surface area (Å²) in [6, 6.07) is 10.1. The second-order valence-electron chi connectivity index (χ2n) is 6.43. The van der Waals surface area contributed by atoms with Crippen molar-refractivity contribution in [1.82, 2.24) is 0 Å². The highest BCUT2D eigenvalue weighted by atomic mass is 16.5. The largest absolute Gasteiger partial charge is 0.496 e. The number of aliphatic hydroxyl groups excluding tert-OH is 1. The second-order valence-corrected chi connectivity index (χ2v) is 6.43. The molecule has 162 valence electrons. The van der Waals surface area contributed by atoms with E-state index in [1.54, 1.807) is 36.4 Å². The fourth-order valence-electron chi connectivity index (χ4n) is 2.82. The first kappa shape index (κ1) is 23.6. The molecular formula is C24H24O7. The van der Waals surface area contributed by atoms with E-state index in [-0.39, 0.29) is 6.61 Å². The molecule has 0 radical (unpaired) electrons. The topological polar surface area (TPSA) is 99.1 Å². The van der Waals surface area contributed by atoms with Crippen LogP contribution in [0.5, 0.6) is 17.2 Å². The lowest BCUT2D eigenvalue weighted by molar-refractivity contribution is -0.131. The molecule has 0 amide bonds. The molecule has 0 aliphatic heterocycles. The lowest BCUT2D eigenvalue weighted by Crippen LogP contribution is -2.22. The van der Waals surface area contributed by atoms with Crippen molar-refractivity contribution in [3.05, 3.63) is 65.2 Å². The van der Waals surface area contributed by atoms with Crippen molar-refractivity contribution in [3.63, 3.8) is 0 Å². The van der Waals surface area contributed by atoms with Crippen LogP contribution in [-0.4, -0.2) is 44.3 Å². The number of aldehydes is 1. The molecule has 0 aliphatic carbocycles. The predicted octanol–water partition coefficient (Wildman–Crippen LogP) is 2.88. The summed E-state index contributed by atoms with van der Waals surface area (Å²) in [6.45, 7) is -0.227. The Morgan fingerprint density at radius 2 is 1.35 bits per heavy atom. The lowest BCUT2D eigenvalue weighted by Gasteiger charge is -2.08. The van der Waals surface area contributed by atoms with Crippen LogP contribution in [0.2, 0.25) is 0 Å². The van der Waals surface area contributed by atoms with E-state index < -0.39 is 17.5 Å². The van der Waals surface area contributed by atoms with Gasteiger partial charge in [-0.1, -0.05) is 24.3 Å². The van der Waals surface area contributed by atoms with Crippen LogP contribution in [0.25, 0.3) is 12.2 Å². The van der Waals surface area contributed by atoms with Crippen molar-refractivity contribution in [1.29, 1.82) is 0 Å². The summed E-state index contributed by atoms with van der Waals surface area (Å²) < 4.78 is 15.5. The Balaban J connectivity index is 2.13. The lowest BCUT2D eigenvalue weighted by atomic mass is 9.98. The third kappa shape index (κ3) is 6.13. The van der Waals surface area contributed by atoms with Gasteiger partial charge in [-0.15, -0.1) is 0 Å². The molecule has 0 saturated carbocycles. The fourth-order valence-corrected chi connectivity index (χ4v) is 2.82. The minimum atomic E-state index is -1.44. The maximum Gasteiger partial charge on any atom is 0.173 e. The van der Waals surface area contributed by atoms with Crippen molar-refractivity contribution in [2.24, 2.45) is 5.92 Å². The number of carbonyl (C=O) groups excluding carboxylic acids is 3. The monoisotopic (exact) mass is 424 g/mol. The van der Waals surface area contributed by atoms with Crippen LogP contribution in [0.3, 0.4) is 0 Å². The molecular weight excluding hydrogens is 400 g/mol. The van der Waals surface area contributed by atoms with Gasteiger partial charge in [-0.2, -0.15) is 0 Å². The van der Waals surface area contributed by atoms with Crippen molar-refractivity contribution < 1.29 is 33.7 Å². The smallest absolute Gasteiger partial charge is 0.173 e. The summed E-state index contributed by atoms with van der Waals surface area (Å²) in [4.78, 5) is 36.1.